The van der Waals surface area contributed by atoms with Gasteiger partial charge in [-0.3, -0.25) is 9.88 Å². The summed E-state index contributed by atoms with van der Waals surface area (Å²) in [5.74, 6) is -0.592. The maximum absolute atomic E-state index is 13.4. The quantitative estimate of drug-likeness (QED) is 0.589. The second kappa shape index (κ2) is 8.02. The zero-order chi connectivity index (χ0) is 21.3. The standard InChI is InChI=1S/C20H18ClF4N3O/c1-12-8-14(20(23,24)25)9-18(26-12)13-4-3-7-28(11-13)19(29)27(2)15-5-6-17(22)16(21)10-15/h4-6,8-10H,3,7,11H2,1-2H3. The Labute approximate surface area is 170 Å². The molecule has 2 amide bonds. The number of halogens is 5. The minimum atomic E-state index is -4.48. The van der Waals surface area contributed by atoms with Gasteiger partial charge < -0.3 is 4.90 Å². The third kappa shape index (κ3) is 4.70. The molecule has 0 saturated heterocycles. The van der Waals surface area contributed by atoms with Crippen LogP contribution < -0.4 is 4.90 Å². The molecule has 29 heavy (non-hydrogen) atoms. The van der Waals surface area contributed by atoms with E-state index in [-0.39, 0.29) is 29.0 Å². The lowest BCUT2D eigenvalue weighted by molar-refractivity contribution is -0.137. The zero-order valence-electron chi connectivity index (χ0n) is 15.7. The lowest BCUT2D eigenvalue weighted by atomic mass is 10.0. The van der Waals surface area contributed by atoms with Crippen molar-refractivity contribution in [2.24, 2.45) is 0 Å². The molecule has 0 spiro atoms. The van der Waals surface area contributed by atoms with E-state index in [0.29, 0.717) is 24.2 Å². The SMILES string of the molecule is Cc1cc(C(F)(F)F)cc(C2=CCCN(C(=O)N(C)c3ccc(F)c(Cl)c3)C2)n1. The molecule has 2 heterocycles. The Morgan fingerprint density at radius 3 is 2.62 bits per heavy atom. The molecule has 3 rings (SSSR count). The van der Waals surface area contributed by atoms with Crippen LogP contribution in [0.25, 0.3) is 5.57 Å². The van der Waals surface area contributed by atoms with Crippen LogP contribution >= 0.6 is 11.6 Å². The molecule has 9 heteroatoms. The van der Waals surface area contributed by atoms with Crippen LogP contribution in [0.1, 0.15) is 23.4 Å². The minimum Gasteiger partial charge on any atom is -0.320 e. The van der Waals surface area contributed by atoms with Crippen LogP contribution in [0.15, 0.2) is 36.4 Å². The van der Waals surface area contributed by atoms with Crippen LogP contribution in [0.4, 0.5) is 28.0 Å². The monoisotopic (exact) mass is 427 g/mol. The summed E-state index contributed by atoms with van der Waals surface area (Å²) in [5, 5.41) is -0.106. The summed E-state index contributed by atoms with van der Waals surface area (Å²) >= 11 is 5.78. The smallest absolute Gasteiger partial charge is 0.320 e. The van der Waals surface area contributed by atoms with Crippen molar-refractivity contribution in [3.8, 4) is 0 Å². The lowest BCUT2D eigenvalue weighted by Gasteiger charge is -2.31. The largest absolute Gasteiger partial charge is 0.416 e. The highest BCUT2D eigenvalue weighted by molar-refractivity contribution is 6.31. The Balaban J connectivity index is 1.81. The van der Waals surface area contributed by atoms with Crippen LogP contribution in [0.3, 0.4) is 0 Å². The lowest BCUT2D eigenvalue weighted by Crippen LogP contribution is -2.43. The Kier molecular flexibility index (Phi) is 5.84. The van der Waals surface area contributed by atoms with E-state index in [0.717, 1.165) is 18.2 Å². The predicted octanol–water partition coefficient (Wildman–Crippen LogP) is 5.55. The number of carbonyl (C=O) groups is 1. The number of rotatable bonds is 2. The summed E-state index contributed by atoms with van der Waals surface area (Å²) < 4.78 is 52.7. The third-order valence-corrected chi connectivity index (χ3v) is 4.90. The summed E-state index contributed by atoms with van der Waals surface area (Å²) in [4.78, 5) is 19.9. The van der Waals surface area contributed by atoms with E-state index < -0.39 is 17.6 Å². The first kappa shape index (κ1) is 21.1. The summed E-state index contributed by atoms with van der Waals surface area (Å²) in [5.41, 5.74) is 0.622. The molecule has 0 N–H and O–H groups in total. The van der Waals surface area contributed by atoms with Crippen molar-refractivity contribution >= 4 is 28.9 Å². The highest BCUT2D eigenvalue weighted by Gasteiger charge is 2.32. The van der Waals surface area contributed by atoms with E-state index in [1.165, 1.54) is 35.9 Å². The van der Waals surface area contributed by atoms with Gasteiger partial charge in [0, 0.05) is 31.5 Å². The van der Waals surface area contributed by atoms with Gasteiger partial charge in [-0.05, 0) is 49.2 Å². The van der Waals surface area contributed by atoms with Gasteiger partial charge in [0.15, 0.2) is 0 Å². The van der Waals surface area contributed by atoms with Crippen molar-refractivity contribution < 1.29 is 22.4 Å². The molecule has 0 fully saturated rings. The van der Waals surface area contributed by atoms with Crippen molar-refractivity contribution in [2.45, 2.75) is 19.5 Å². The minimum absolute atomic E-state index is 0.106. The number of pyridine rings is 1. The molecule has 0 bridgehead atoms. The van der Waals surface area contributed by atoms with Crippen LogP contribution in [0, 0.1) is 12.7 Å². The van der Waals surface area contributed by atoms with Gasteiger partial charge in [0.1, 0.15) is 5.82 Å². The second-order valence-electron chi connectivity index (χ2n) is 6.76. The van der Waals surface area contributed by atoms with Crippen LogP contribution in [0.2, 0.25) is 5.02 Å². The number of hydrogen-bond donors (Lipinski definition) is 0. The van der Waals surface area contributed by atoms with Gasteiger partial charge in [-0.15, -0.1) is 0 Å². The van der Waals surface area contributed by atoms with Gasteiger partial charge in [0.2, 0.25) is 0 Å². The summed E-state index contributed by atoms with van der Waals surface area (Å²) in [6.07, 6.45) is -2.20. The summed E-state index contributed by atoms with van der Waals surface area (Å²) in [7, 11) is 1.52. The molecule has 2 aromatic rings. The van der Waals surface area contributed by atoms with Crippen molar-refractivity contribution in [3.05, 3.63) is 64.2 Å². The summed E-state index contributed by atoms with van der Waals surface area (Å²) in [6.45, 7) is 2.02. The molecule has 154 valence electrons. The van der Waals surface area contributed by atoms with Crippen molar-refractivity contribution in [3.63, 3.8) is 0 Å². The van der Waals surface area contributed by atoms with E-state index in [9.17, 15) is 22.4 Å². The number of aromatic nitrogens is 1. The molecule has 0 saturated carbocycles. The maximum atomic E-state index is 13.4. The molecule has 1 aliphatic rings. The Morgan fingerprint density at radius 2 is 1.97 bits per heavy atom. The van der Waals surface area contributed by atoms with Gasteiger partial charge in [-0.25, -0.2) is 9.18 Å². The van der Waals surface area contributed by atoms with E-state index >= 15 is 0 Å². The number of nitrogens with zero attached hydrogens (tertiary/aromatic N) is 3. The maximum Gasteiger partial charge on any atom is 0.416 e. The molecule has 0 aliphatic carbocycles. The average Bonchev–Trinajstić information content (AvgIpc) is 2.68. The van der Waals surface area contributed by atoms with Crippen LogP contribution in [0.5, 0.6) is 0 Å². The normalized spacial score (nSPS) is 14.6. The highest BCUT2D eigenvalue weighted by atomic mass is 35.5. The first-order valence-electron chi connectivity index (χ1n) is 8.79. The Hall–Kier alpha value is -2.61. The third-order valence-electron chi connectivity index (χ3n) is 4.61. The first-order chi connectivity index (χ1) is 13.6. The number of alkyl halides is 3. The zero-order valence-corrected chi connectivity index (χ0v) is 16.5. The molecule has 1 aliphatic heterocycles. The first-order valence-corrected chi connectivity index (χ1v) is 9.17. The fraction of sp³-hybridized carbons (Fsp3) is 0.300. The fourth-order valence-corrected chi connectivity index (χ4v) is 3.28. The Morgan fingerprint density at radius 1 is 1.24 bits per heavy atom. The van der Waals surface area contributed by atoms with Crippen LogP contribution in [-0.2, 0) is 6.18 Å². The molecule has 4 nitrogen and oxygen atoms in total. The topological polar surface area (TPSA) is 36.4 Å². The second-order valence-corrected chi connectivity index (χ2v) is 7.17. The van der Waals surface area contributed by atoms with Gasteiger partial charge in [-0.1, -0.05) is 17.7 Å². The number of aryl methyl sites for hydroxylation is 1. The average molecular weight is 428 g/mol. The van der Waals surface area contributed by atoms with E-state index in [1.54, 1.807) is 6.08 Å². The predicted molar refractivity (Wildman–Crippen MR) is 103 cm³/mol. The van der Waals surface area contributed by atoms with Gasteiger partial charge in [0.25, 0.3) is 0 Å². The molecule has 1 aromatic heterocycles. The fourth-order valence-electron chi connectivity index (χ4n) is 3.11. The van der Waals surface area contributed by atoms with Crippen molar-refractivity contribution in [1.82, 2.24) is 9.88 Å². The number of urea groups is 1. The molecular weight excluding hydrogens is 410 g/mol. The number of amides is 2. The van der Waals surface area contributed by atoms with E-state index in [1.807, 2.05) is 0 Å². The van der Waals surface area contributed by atoms with Gasteiger partial charge >= 0.3 is 12.2 Å². The number of carbonyl (C=O) groups excluding carboxylic acids is 1. The van der Waals surface area contributed by atoms with E-state index in [4.69, 9.17) is 11.6 Å². The van der Waals surface area contributed by atoms with Gasteiger partial charge in [0.05, 0.1) is 16.3 Å². The number of hydrogen-bond acceptors (Lipinski definition) is 2. The molecular formula is C20H18ClF4N3O. The van der Waals surface area contributed by atoms with Crippen molar-refractivity contribution in [2.75, 3.05) is 25.0 Å². The molecule has 0 unspecified atom stereocenters. The summed E-state index contributed by atoms with van der Waals surface area (Å²) in [6, 6.07) is 5.54. The molecule has 0 atom stereocenters. The number of anilines is 1. The van der Waals surface area contributed by atoms with E-state index in [2.05, 4.69) is 4.98 Å². The highest BCUT2D eigenvalue weighted by Crippen LogP contribution is 2.32. The van der Waals surface area contributed by atoms with Crippen molar-refractivity contribution in [1.29, 1.82) is 0 Å². The number of benzene rings is 1. The van der Waals surface area contributed by atoms with Gasteiger partial charge in [-0.2, -0.15) is 13.2 Å². The molecule has 1 aromatic carbocycles. The van der Waals surface area contributed by atoms with Crippen LogP contribution in [-0.4, -0.2) is 36.1 Å². The Bertz CT molecular complexity index is 975. The molecule has 0 radical (unpaired) electrons.